The summed E-state index contributed by atoms with van der Waals surface area (Å²) < 4.78 is 27.3. The first kappa shape index (κ1) is 16.5. The maximum absolute atomic E-state index is 12.8. The molecule has 118 valence electrons. The Balaban J connectivity index is 2.18. The van der Waals surface area contributed by atoms with Gasteiger partial charge in [-0.1, -0.05) is 25.0 Å². The molecule has 21 heavy (non-hydrogen) atoms. The van der Waals surface area contributed by atoms with Crippen molar-refractivity contribution in [3.05, 3.63) is 29.8 Å². The van der Waals surface area contributed by atoms with Gasteiger partial charge in [-0.05, 0) is 57.5 Å². The van der Waals surface area contributed by atoms with Gasteiger partial charge in [-0.15, -0.1) is 0 Å². The van der Waals surface area contributed by atoms with E-state index < -0.39 is 10.0 Å². The van der Waals surface area contributed by atoms with E-state index in [0.717, 1.165) is 44.2 Å². The van der Waals surface area contributed by atoms with E-state index >= 15 is 0 Å². The molecule has 4 nitrogen and oxygen atoms in total. The fourth-order valence-electron chi connectivity index (χ4n) is 2.84. The second-order valence-corrected chi connectivity index (χ2v) is 7.70. The minimum absolute atomic E-state index is 0.0986. The number of nitrogens with zero attached hydrogens (tertiary/aromatic N) is 1. The van der Waals surface area contributed by atoms with Crippen molar-refractivity contribution in [1.29, 1.82) is 0 Å². The number of nitrogens with one attached hydrogen (secondary N) is 1. The Labute approximate surface area is 128 Å². The minimum Gasteiger partial charge on any atom is -0.319 e. The predicted molar refractivity (Wildman–Crippen MR) is 85.9 cm³/mol. The van der Waals surface area contributed by atoms with Crippen LogP contribution in [0.5, 0.6) is 0 Å². The zero-order valence-corrected chi connectivity index (χ0v) is 13.8. The van der Waals surface area contributed by atoms with Crippen LogP contribution in [0.4, 0.5) is 0 Å². The van der Waals surface area contributed by atoms with Crippen molar-refractivity contribution in [3.8, 4) is 0 Å². The highest BCUT2D eigenvalue weighted by atomic mass is 32.2. The van der Waals surface area contributed by atoms with Gasteiger partial charge >= 0.3 is 0 Å². The molecule has 0 spiro atoms. The molecule has 2 rings (SSSR count). The first-order valence-corrected chi connectivity index (χ1v) is 9.25. The van der Waals surface area contributed by atoms with Crippen LogP contribution in [0, 0.1) is 0 Å². The third kappa shape index (κ3) is 4.05. The van der Waals surface area contributed by atoms with Crippen LogP contribution < -0.4 is 5.32 Å². The lowest BCUT2D eigenvalue weighted by molar-refractivity contribution is 0.342. The first-order chi connectivity index (χ1) is 10.1. The molecule has 0 saturated carbocycles. The van der Waals surface area contributed by atoms with Crippen LogP contribution in [0.1, 0.15) is 38.2 Å². The van der Waals surface area contributed by atoms with Gasteiger partial charge in [0.1, 0.15) is 0 Å². The highest BCUT2D eigenvalue weighted by Crippen LogP contribution is 2.24. The number of sulfonamides is 1. The van der Waals surface area contributed by atoms with E-state index in [2.05, 4.69) is 5.32 Å². The second-order valence-electron chi connectivity index (χ2n) is 5.81. The lowest BCUT2D eigenvalue weighted by atomic mass is 10.1. The number of hydrogen-bond donors (Lipinski definition) is 1. The summed E-state index contributed by atoms with van der Waals surface area (Å²) in [5.74, 6) is 0. The predicted octanol–water partition coefficient (Wildman–Crippen LogP) is 2.40. The van der Waals surface area contributed by atoms with Crippen molar-refractivity contribution in [2.75, 3.05) is 20.1 Å². The second kappa shape index (κ2) is 7.38. The van der Waals surface area contributed by atoms with Gasteiger partial charge in [0, 0.05) is 12.6 Å². The van der Waals surface area contributed by atoms with Crippen LogP contribution in [0.3, 0.4) is 0 Å². The topological polar surface area (TPSA) is 49.4 Å². The van der Waals surface area contributed by atoms with Crippen LogP contribution in [0.25, 0.3) is 0 Å². The summed E-state index contributed by atoms with van der Waals surface area (Å²) in [6.45, 7) is 3.56. The summed E-state index contributed by atoms with van der Waals surface area (Å²) in [5, 5.41) is 3.10. The van der Waals surface area contributed by atoms with Crippen molar-refractivity contribution in [3.63, 3.8) is 0 Å². The molecule has 1 atom stereocenters. The SMILES string of the molecule is CNCCc1ccc(S(=O)(=O)N2CCCCCC2C)cc1. The molecule has 1 heterocycles. The normalized spacial score (nSPS) is 21.1. The average Bonchev–Trinajstić information content (AvgIpc) is 2.70. The maximum Gasteiger partial charge on any atom is 0.243 e. The fourth-order valence-corrected chi connectivity index (χ4v) is 4.54. The van der Waals surface area contributed by atoms with Crippen molar-refractivity contribution in [2.45, 2.75) is 50.0 Å². The zero-order chi connectivity index (χ0) is 15.3. The summed E-state index contributed by atoms with van der Waals surface area (Å²) in [6, 6.07) is 7.44. The van der Waals surface area contributed by atoms with Gasteiger partial charge in [-0.3, -0.25) is 0 Å². The number of likely N-dealkylation sites (N-methyl/N-ethyl adjacent to an activating group) is 1. The van der Waals surface area contributed by atoms with E-state index in [0.29, 0.717) is 11.4 Å². The fraction of sp³-hybridized carbons (Fsp3) is 0.625. The highest BCUT2D eigenvalue weighted by molar-refractivity contribution is 7.89. The van der Waals surface area contributed by atoms with Gasteiger partial charge in [0.25, 0.3) is 0 Å². The van der Waals surface area contributed by atoms with Gasteiger partial charge in [0.15, 0.2) is 0 Å². The lowest BCUT2D eigenvalue weighted by Gasteiger charge is -2.26. The van der Waals surface area contributed by atoms with Crippen molar-refractivity contribution >= 4 is 10.0 Å². The monoisotopic (exact) mass is 310 g/mol. The summed E-state index contributed by atoms with van der Waals surface area (Å²) in [6.07, 6.45) is 5.08. The molecule has 1 fully saturated rings. The third-order valence-corrected chi connectivity index (χ3v) is 6.21. The third-order valence-electron chi connectivity index (χ3n) is 4.19. The molecule has 1 aliphatic heterocycles. The van der Waals surface area contributed by atoms with Gasteiger partial charge < -0.3 is 5.32 Å². The Morgan fingerprint density at radius 1 is 1.19 bits per heavy atom. The molecule has 0 aromatic heterocycles. The molecule has 1 aromatic carbocycles. The Morgan fingerprint density at radius 2 is 1.90 bits per heavy atom. The number of benzene rings is 1. The van der Waals surface area contributed by atoms with Gasteiger partial charge in [-0.2, -0.15) is 4.31 Å². The zero-order valence-electron chi connectivity index (χ0n) is 13.0. The molecule has 0 radical (unpaired) electrons. The Morgan fingerprint density at radius 3 is 2.57 bits per heavy atom. The molecule has 0 amide bonds. The van der Waals surface area contributed by atoms with Gasteiger partial charge in [-0.25, -0.2) is 8.42 Å². The minimum atomic E-state index is -3.35. The maximum atomic E-state index is 12.8. The first-order valence-electron chi connectivity index (χ1n) is 7.81. The van der Waals surface area contributed by atoms with Crippen LogP contribution in [0.15, 0.2) is 29.2 Å². The van der Waals surface area contributed by atoms with Crippen LogP contribution >= 0.6 is 0 Å². The molecule has 1 aliphatic rings. The molecular weight excluding hydrogens is 284 g/mol. The standard InChI is InChI=1S/C16H26N2O2S/c1-14-6-4-3-5-13-18(14)21(19,20)16-9-7-15(8-10-16)11-12-17-2/h7-10,14,17H,3-6,11-13H2,1-2H3. The van der Waals surface area contributed by atoms with Crippen LogP contribution in [-0.4, -0.2) is 38.9 Å². The molecular formula is C16H26N2O2S. The van der Waals surface area contributed by atoms with Gasteiger partial charge in [0.05, 0.1) is 4.90 Å². The Kier molecular flexibility index (Phi) is 5.79. The van der Waals surface area contributed by atoms with Crippen molar-refractivity contribution in [2.24, 2.45) is 0 Å². The summed E-state index contributed by atoms with van der Waals surface area (Å²) in [4.78, 5) is 0.421. The lowest BCUT2D eigenvalue weighted by Crippen LogP contribution is -2.38. The van der Waals surface area contributed by atoms with Crippen molar-refractivity contribution < 1.29 is 8.42 Å². The molecule has 0 aliphatic carbocycles. The number of rotatable bonds is 5. The summed E-state index contributed by atoms with van der Waals surface area (Å²) in [5.41, 5.74) is 1.16. The highest BCUT2D eigenvalue weighted by Gasteiger charge is 2.29. The van der Waals surface area contributed by atoms with Gasteiger partial charge in [0.2, 0.25) is 10.0 Å². The molecule has 0 bridgehead atoms. The average molecular weight is 310 g/mol. The molecule has 5 heteroatoms. The Bertz CT molecular complexity index is 540. The number of hydrogen-bond acceptors (Lipinski definition) is 3. The van der Waals surface area contributed by atoms with E-state index in [9.17, 15) is 8.42 Å². The Hall–Kier alpha value is -0.910. The molecule has 1 saturated heterocycles. The summed E-state index contributed by atoms with van der Waals surface area (Å²) >= 11 is 0. The van der Waals surface area contributed by atoms with E-state index in [-0.39, 0.29) is 6.04 Å². The largest absolute Gasteiger partial charge is 0.319 e. The smallest absolute Gasteiger partial charge is 0.243 e. The molecule has 1 N–H and O–H groups in total. The van der Waals surface area contributed by atoms with E-state index in [1.165, 1.54) is 0 Å². The van der Waals surface area contributed by atoms with Crippen LogP contribution in [0.2, 0.25) is 0 Å². The molecule has 1 aromatic rings. The van der Waals surface area contributed by atoms with Crippen LogP contribution in [-0.2, 0) is 16.4 Å². The molecule has 1 unspecified atom stereocenters. The quantitative estimate of drug-likeness (QED) is 0.908. The van der Waals surface area contributed by atoms with E-state index in [4.69, 9.17) is 0 Å². The van der Waals surface area contributed by atoms with Crippen molar-refractivity contribution in [1.82, 2.24) is 9.62 Å². The van der Waals surface area contributed by atoms with E-state index in [1.54, 1.807) is 16.4 Å². The van der Waals surface area contributed by atoms with E-state index in [1.807, 2.05) is 26.1 Å². The summed E-state index contributed by atoms with van der Waals surface area (Å²) in [7, 11) is -1.44.